The summed E-state index contributed by atoms with van der Waals surface area (Å²) in [6, 6.07) is 22.2. The van der Waals surface area contributed by atoms with E-state index in [1.54, 1.807) is 18.4 Å². The van der Waals surface area contributed by atoms with E-state index < -0.39 is 6.16 Å². The van der Waals surface area contributed by atoms with Crippen LogP contribution in [0.2, 0.25) is 0 Å². The molecule has 0 spiro atoms. The van der Waals surface area contributed by atoms with Crippen molar-refractivity contribution in [3.05, 3.63) is 72.3 Å². The number of hydrogen-bond donors (Lipinski definition) is 3. The second kappa shape index (κ2) is 11.0. The normalized spacial score (nSPS) is 13.2. The molecule has 0 aliphatic heterocycles. The summed E-state index contributed by atoms with van der Waals surface area (Å²) < 4.78 is 6.38. The Morgan fingerprint density at radius 3 is 2.14 bits per heavy atom. The Labute approximate surface area is 207 Å². The number of hydrogen-bond acceptors (Lipinski definition) is 6. The molecular weight excluding hydrogens is 464 g/mol. The molecule has 3 N–H and O–H groups in total. The second-order valence-electron chi connectivity index (χ2n) is 8.26. The number of methoxy groups -OCH3 is 1. The maximum atomic E-state index is 12.6. The van der Waals surface area contributed by atoms with Crippen LogP contribution in [-0.4, -0.2) is 34.2 Å². The van der Waals surface area contributed by atoms with E-state index in [-0.39, 0.29) is 5.92 Å². The minimum absolute atomic E-state index is 0.222. The van der Waals surface area contributed by atoms with Crippen LogP contribution < -0.4 is 10.1 Å². The molecule has 0 radical (unpaired) electrons. The molecular formula is C27H26N2O5S. The van der Waals surface area contributed by atoms with Crippen molar-refractivity contribution in [1.29, 1.82) is 0 Å². The van der Waals surface area contributed by atoms with Crippen molar-refractivity contribution in [2.75, 3.05) is 12.4 Å². The molecule has 1 aliphatic carbocycles. The Morgan fingerprint density at radius 2 is 1.54 bits per heavy atom. The average Bonchev–Trinajstić information content (AvgIpc) is 3.53. The minimum Gasteiger partial charge on any atom is -0.497 e. The van der Waals surface area contributed by atoms with Crippen molar-refractivity contribution in [3.8, 4) is 16.9 Å². The number of aromatic nitrogens is 1. The van der Waals surface area contributed by atoms with E-state index in [1.165, 1.54) is 12.8 Å². The third kappa shape index (κ3) is 6.16. The molecule has 0 amide bonds. The van der Waals surface area contributed by atoms with Crippen molar-refractivity contribution >= 4 is 44.3 Å². The predicted molar refractivity (Wildman–Crippen MR) is 138 cm³/mol. The van der Waals surface area contributed by atoms with Crippen LogP contribution in [0.15, 0.2) is 66.7 Å². The number of anilines is 2. The number of carbonyl (C=O) groups excluding carboxylic acids is 1. The lowest BCUT2D eigenvalue weighted by molar-refractivity contribution is 0.0922. The average molecular weight is 491 g/mol. The van der Waals surface area contributed by atoms with E-state index >= 15 is 0 Å². The molecule has 1 aliphatic rings. The van der Waals surface area contributed by atoms with Crippen LogP contribution in [0.1, 0.15) is 36.0 Å². The SMILES string of the molecule is COc1ccc2nc(Nc3ccc(-c4ccc(C(=O)C5CCCC5)cc4)cc3)sc2c1.O=C(O)O. The maximum absolute atomic E-state index is 12.6. The monoisotopic (exact) mass is 490 g/mol. The molecule has 0 atom stereocenters. The molecule has 7 nitrogen and oxygen atoms in total. The number of fused-ring (bicyclic) bond motifs is 1. The number of thiazole rings is 1. The van der Waals surface area contributed by atoms with Gasteiger partial charge >= 0.3 is 6.16 Å². The zero-order valence-electron chi connectivity index (χ0n) is 19.2. The lowest BCUT2D eigenvalue weighted by Crippen LogP contribution is -2.10. The number of rotatable bonds is 6. The van der Waals surface area contributed by atoms with E-state index in [1.807, 2.05) is 42.5 Å². The van der Waals surface area contributed by atoms with Crippen molar-refractivity contribution in [3.63, 3.8) is 0 Å². The summed E-state index contributed by atoms with van der Waals surface area (Å²) in [5.74, 6) is 1.36. The van der Waals surface area contributed by atoms with Crippen LogP contribution in [-0.2, 0) is 0 Å². The number of ether oxygens (including phenoxy) is 1. The van der Waals surface area contributed by atoms with Crippen molar-refractivity contribution in [1.82, 2.24) is 4.98 Å². The zero-order valence-corrected chi connectivity index (χ0v) is 20.0. The third-order valence-corrected chi connectivity index (χ3v) is 6.89. The predicted octanol–water partition coefficient (Wildman–Crippen LogP) is 7.31. The molecule has 1 saturated carbocycles. The van der Waals surface area contributed by atoms with Gasteiger partial charge in [0, 0.05) is 17.2 Å². The molecule has 5 rings (SSSR count). The van der Waals surface area contributed by atoms with E-state index in [9.17, 15) is 4.79 Å². The van der Waals surface area contributed by atoms with Gasteiger partial charge in [-0.1, -0.05) is 60.6 Å². The van der Waals surface area contributed by atoms with E-state index in [4.69, 9.17) is 19.7 Å². The smallest absolute Gasteiger partial charge is 0.497 e. The summed E-state index contributed by atoms with van der Waals surface area (Å²) in [6.07, 6.45) is 2.61. The first-order valence-electron chi connectivity index (χ1n) is 11.3. The molecule has 1 aromatic heterocycles. The molecule has 4 aromatic rings. The van der Waals surface area contributed by atoms with Gasteiger partial charge in [0.1, 0.15) is 5.75 Å². The Hall–Kier alpha value is -3.91. The van der Waals surface area contributed by atoms with Gasteiger partial charge in [-0.3, -0.25) is 4.79 Å². The van der Waals surface area contributed by atoms with Crippen molar-refractivity contribution < 1.29 is 24.5 Å². The van der Waals surface area contributed by atoms with Crippen LogP contribution in [0, 0.1) is 5.92 Å². The molecule has 180 valence electrons. The van der Waals surface area contributed by atoms with E-state index in [0.717, 1.165) is 56.3 Å². The molecule has 8 heteroatoms. The van der Waals surface area contributed by atoms with Gasteiger partial charge in [0.2, 0.25) is 0 Å². The first kappa shape index (κ1) is 24.2. The maximum Gasteiger partial charge on any atom is 0.503 e. The number of benzene rings is 3. The summed E-state index contributed by atoms with van der Waals surface area (Å²) >= 11 is 1.60. The van der Waals surface area contributed by atoms with Gasteiger partial charge in [0.05, 0.1) is 17.3 Å². The van der Waals surface area contributed by atoms with Gasteiger partial charge in [0.15, 0.2) is 10.9 Å². The lowest BCUT2D eigenvalue weighted by Gasteiger charge is -2.09. The highest BCUT2D eigenvalue weighted by Gasteiger charge is 2.23. The number of Topliss-reactive ketones (excluding diaryl/α,β-unsaturated/α-hetero) is 1. The standard InChI is InChI=1S/C26H24N2O2S.CH2O3/c1-30-22-14-15-23-24(16-22)31-26(28-23)27-21-12-10-18(11-13-21)17-6-8-20(9-7-17)25(29)19-4-2-3-5-19;2-1(3)4/h6-16,19H,2-5H2,1H3,(H,27,28);(H2,2,3,4). The highest BCUT2D eigenvalue weighted by atomic mass is 32.1. The van der Waals surface area contributed by atoms with Crippen LogP contribution in [0.4, 0.5) is 15.6 Å². The Kier molecular flexibility index (Phi) is 7.62. The number of carboxylic acid groups (broad SMARTS) is 2. The molecule has 35 heavy (non-hydrogen) atoms. The van der Waals surface area contributed by atoms with Gasteiger partial charge in [-0.2, -0.15) is 0 Å². The van der Waals surface area contributed by atoms with Crippen LogP contribution in [0.25, 0.3) is 21.3 Å². The fourth-order valence-corrected chi connectivity index (χ4v) is 5.12. The highest BCUT2D eigenvalue weighted by Crippen LogP contribution is 2.32. The molecule has 0 bridgehead atoms. The molecule has 3 aromatic carbocycles. The summed E-state index contributed by atoms with van der Waals surface area (Å²) in [5, 5.41) is 18.2. The largest absolute Gasteiger partial charge is 0.503 e. The Bertz CT molecular complexity index is 1310. The number of carbonyl (C=O) groups is 2. The fraction of sp³-hybridized carbons (Fsp3) is 0.222. The van der Waals surface area contributed by atoms with Gasteiger partial charge in [-0.25, -0.2) is 9.78 Å². The lowest BCUT2D eigenvalue weighted by atomic mass is 9.94. The quantitative estimate of drug-likeness (QED) is 0.243. The van der Waals surface area contributed by atoms with Gasteiger partial charge in [-0.15, -0.1) is 0 Å². The number of nitrogens with zero attached hydrogens (tertiary/aromatic N) is 1. The van der Waals surface area contributed by atoms with Crippen molar-refractivity contribution in [2.24, 2.45) is 5.92 Å². The number of ketones is 1. The molecule has 0 unspecified atom stereocenters. The van der Waals surface area contributed by atoms with E-state index in [0.29, 0.717) is 5.78 Å². The summed E-state index contributed by atoms with van der Waals surface area (Å²) in [4.78, 5) is 25.8. The minimum atomic E-state index is -1.83. The summed E-state index contributed by atoms with van der Waals surface area (Å²) in [5.41, 5.74) is 5.02. The summed E-state index contributed by atoms with van der Waals surface area (Å²) in [6.45, 7) is 0. The van der Waals surface area contributed by atoms with E-state index in [2.05, 4.69) is 34.6 Å². The van der Waals surface area contributed by atoms with Gasteiger partial charge < -0.3 is 20.3 Å². The van der Waals surface area contributed by atoms with Gasteiger partial charge in [-0.05, 0) is 54.3 Å². The molecule has 1 fully saturated rings. The Morgan fingerprint density at radius 1 is 0.943 bits per heavy atom. The molecule has 1 heterocycles. The summed E-state index contributed by atoms with van der Waals surface area (Å²) in [7, 11) is 1.67. The second-order valence-corrected chi connectivity index (χ2v) is 9.29. The Balaban J connectivity index is 0.000000672. The van der Waals surface area contributed by atoms with Crippen LogP contribution in [0.5, 0.6) is 5.75 Å². The first-order valence-corrected chi connectivity index (χ1v) is 12.1. The van der Waals surface area contributed by atoms with Crippen LogP contribution in [0.3, 0.4) is 0 Å². The first-order chi connectivity index (χ1) is 16.9. The van der Waals surface area contributed by atoms with Crippen LogP contribution >= 0.6 is 11.3 Å². The third-order valence-electron chi connectivity index (χ3n) is 5.96. The highest BCUT2D eigenvalue weighted by molar-refractivity contribution is 7.22. The van der Waals surface area contributed by atoms with Gasteiger partial charge in [0.25, 0.3) is 0 Å². The molecule has 0 saturated heterocycles. The zero-order chi connectivity index (χ0) is 24.8. The fourth-order valence-electron chi connectivity index (χ4n) is 4.21. The topological polar surface area (TPSA) is 109 Å². The van der Waals surface area contributed by atoms with Crippen molar-refractivity contribution in [2.45, 2.75) is 25.7 Å². The number of nitrogens with one attached hydrogen (secondary N) is 1.